The van der Waals surface area contributed by atoms with Gasteiger partial charge in [-0.1, -0.05) is 42.5 Å². The van der Waals surface area contributed by atoms with Crippen LogP contribution in [0, 0.1) is 0 Å². The zero-order chi connectivity index (χ0) is 18.6. The molecule has 27 heavy (non-hydrogen) atoms. The summed E-state index contributed by atoms with van der Waals surface area (Å²) in [5.74, 6) is 2.12. The summed E-state index contributed by atoms with van der Waals surface area (Å²) in [6.45, 7) is 0.460. The highest BCUT2D eigenvalue weighted by atomic mass is 16.5. The summed E-state index contributed by atoms with van der Waals surface area (Å²) < 4.78 is 16.7. The topological polar surface area (TPSA) is 44.8 Å². The Labute approximate surface area is 157 Å². The van der Waals surface area contributed by atoms with E-state index in [1.54, 1.807) is 31.4 Å². The number of methoxy groups -OCH3 is 1. The van der Waals surface area contributed by atoms with Crippen molar-refractivity contribution in [3.05, 3.63) is 95.2 Å². The Hall–Kier alpha value is -3.53. The molecule has 0 amide bonds. The minimum atomic E-state index is -0.129. The van der Waals surface area contributed by atoms with Crippen molar-refractivity contribution in [1.82, 2.24) is 0 Å². The van der Waals surface area contributed by atoms with Crippen LogP contribution in [0.15, 0.2) is 78.6 Å². The third-order valence-corrected chi connectivity index (χ3v) is 4.30. The van der Waals surface area contributed by atoms with Crippen LogP contribution in [0.4, 0.5) is 0 Å². The molecular weight excluding hydrogens is 340 g/mol. The van der Waals surface area contributed by atoms with Crippen LogP contribution in [0.5, 0.6) is 17.2 Å². The number of allylic oxidation sites excluding steroid dienone is 1. The van der Waals surface area contributed by atoms with E-state index in [4.69, 9.17) is 14.2 Å². The summed E-state index contributed by atoms with van der Waals surface area (Å²) in [5.41, 5.74) is 2.49. The van der Waals surface area contributed by atoms with Gasteiger partial charge in [-0.25, -0.2) is 0 Å². The fourth-order valence-electron chi connectivity index (χ4n) is 2.85. The lowest BCUT2D eigenvalue weighted by molar-refractivity contribution is 0.101. The van der Waals surface area contributed by atoms with Gasteiger partial charge in [-0.3, -0.25) is 4.79 Å². The number of fused-ring (bicyclic) bond motifs is 1. The van der Waals surface area contributed by atoms with Crippen molar-refractivity contribution in [2.75, 3.05) is 7.11 Å². The van der Waals surface area contributed by atoms with Gasteiger partial charge in [0, 0.05) is 6.07 Å². The van der Waals surface area contributed by atoms with Gasteiger partial charge in [0.15, 0.2) is 5.76 Å². The van der Waals surface area contributed by atoms with Crippen molar-refractivity contribution in [1.29, 1.82) is 0 Å². The second kappa shape index (κ2) is 7.38. The van der Waals surface area contributed by atoms with E-state index >= 15 is 0 Å². The first-order valence-corrected chi connectivity index (χ1v) is 8.62. The van der Waals surface area contributed by atoms with Crippen LogP contribution < -0.4 is 14.2 Å². The molecule has 0 fully saturated rings. The van der Waals surface area contributed by atoms with E-state index in [1.807, 2.05) is 54.6 Å². The molecule has 134 valence electrons. The maximum absolute atomic E-state index is 12.6. The lowest BCUT2D eigenvalue weighted by atomic mass is 10.1. The van der Waals surface area contributed by atoms with E-state index in [0.717, 1.165) is 16.9 Å². The van der Waals surface area contributed by atoms with Crippen molar-refractivity contribution < 1.29 is 19.0 Å². The fourth-order valence-corrected chi connectivity index (χ4v) is 2.85. The van der Waals surface area contributed by atoms with Crippen LogP contribution >= 0.6 is 0 Å². The third kappa shape index (κ3) is 3.70. The normalized spacial score (nSPS) is 14.0. The Morgan fingerprint density at radius 3 is 2.41 bits per heavy atom. The van der Waals surface area contributed by atoms with Gasteiger partial charge >= 0.3 is 0 Å². The summed E-state index contributed by atoms with van der Waals surface area (Å²) in [7, 11) is 1.62. The Kier molecular flexibility index (Phi) is 4.62. The molecule has 3 aromatic rings. The molecule has 1 heterocycles. The molecule has 0 spiro atoms. The van der Waals surface area contributed by atoms with Gasteiger partial charge in [0.1, 0.15) is 23.9 Å². The lowest BCUT2D eigenvalue weighted by Gasteiger charge is -2.07. The number of ketones is 1. The summed E-state index contributed by atoms with van der Waals surface area (Å²) >= 11 is 0. The van der Waals surface area contributed by atoms with Gasteiger partial charge in [-0.15, -0.1) is 0 Å². The molecule has 0 aliphatic carbocycles. The van der Waals surface area contributed by atoms with E-state index in [2.05, 4.69) is 0 Å². The van der Waals surface area contributed by atoms with Gasteiger partial charge < -0.3 is 14.2 Å². The first-order valence-electron chi connectivity index (χ1n) is 8.62. The summed E-state index contributed by atoms with van der Waals surface area (Å²) in [6.07, 6.45) is 1.73. The zero-order valence-electron chi connectivity index (χ0n) is 14.8. The molecular formula is C23H18O4. The number of Topliss-reactive ketones (excluding diaryl/α,β-unsaturated/α-hetero) is 1. The highest BCUT2D eigenvalue weighted by molar-refractivity contribution is 6.14. The van der Waals surface area contributed by atoms with Crippen LogP contribution in [-0.4, -0.2) is 12.9 Å². The number of carbonyl (C=O) groups is 1. The zero-order valence-corrected chi connectivity index (χ0v) is 14.8. The number of hydrogen-bond acceptors (Lipinski definition) is 4. The molecule has 4 nitrogen and oxygen atoms in total. The van der Waals surface area contributed by atoms with Gasteiger partial charge in [-0.2, -0.15) is 0 Å². The predicted octanol–water partition coefficient (Wildman–Crippen LogP) is 4.89. The van der Waals surface area contributed by atoms with Crippen molar-refractivity contribution in [3.8, 4) is 17.2 Å². The standard InChI is InChI=1S/C23H18O4/c1-25-18-9-7-16(8-10-18)13-22-23(24)20-12-11-19(14-21(20)27-22)26-15-17-5-3-2-4-6-17/h2-14H,15H2,1H3. The van der Waals surface area contributed by atoms with E-state index in [1.165, 1.54) is 0 Å². The maximum atomic E-state index is 12.6. The summed E-state index contributed by atoms with van der Waals surface area (Å²) in [4.78, 5) is 12.6. The van der Waals surface area contributed by atoms with Crippen molar-refractivity contribution in [2.45, 2.75) is 6.61 Å². The smallest absolute Gasteiger partial charge is 0.231 e. The van der Waals surface area contributed by atoms with Crippen molar-refractivity contribution in [3.63, 3.8) is 0 Å². The van der Waals surface area contributed by atoms with Crippen LogP contribution in [0.2, 0.25) is 0 Å². The quantitative estimate of drug-likeness (QED) is 0.609. The molecule has 0 atom stereocenters. The SMILES string of the molecule is COc1ccc(C=C2Oc3cc(OCc4ccccc4)ccc3C2=O)cc1. The molecule has 3 aromatic carbocycles. The fraction of sp³-hybridized carbons (Fsp3) is 0.0870. The molecule has 0 unspecified atom stereocenters. The van der Waals surface area contributed by atoms with E-state index in [0.29, 0.717) is 29.4 Å². The van der Waals surface area contributed by atoms with Gasteiger partial charge in [-0.05, 0) is 41.5 Å². The first kappa shape index (κ1) is 16.9. The molecule has 0 aromatic heterocycles. The van der Waals surface area contributed by atoms with E-state index < -0.39 is 0 Å². The largest absolute Gasteiger partial charge is 0.497 e. The molecule has 1 aliphatic rings. The molecule has 0 radical (unpaired) electrons. The number of hydrogen-bond donors (Lipinski definition) is 0. The molecule has 0 bridgehead atoms. The number of carbonyl (C=O) groups excluding carboxylic acids is 1. The minimum Gasteiger partial charge on any atom is -0.497 e. The lowest BCUT2D eigenvalue weighted by Crippen LogP contribution is -1.98. The molecule has 1 aliphatic heterocycles. The number of ether oxygens (including phenoxy) is 3. The molecule has 0 saturated carbocycles. The van der Waals surface area contributed by atoms with Crippen LogP contribution in [0.1, 0.15) is 21.5 Å². The van der Waals surface area contributed by atoms with Gasteiger partial charge in [0.2, 0.25) is 5.78 Å². The maximum Gasteiger partial charge on any atom is 0.231 e. The average molecular weight is 358 g/mol. The summed E-state index contributed by atoms with van der Waals surface area (Å²) in [5, 5.41) is 0. The Balaban J connectivity index is 1.50. The predicted molar refractivity (Wildman–Crippen MR) is 103 cm³/mol. The second-order valence-corrected chi connectivity index (χ2v) is 6.15. The van der Waals surface area contributed by atoms with E-state index in [9.17, 15) is 4.79 Å². The number of benzene rings is 3. The van der Waals surface area contributed by atoms with Crippen molar-refractivity contribution >= 4 is 11.9 Å². The highest BCUT2D eigenvalue weighted by Gasteiger charge is 2.27. The average Bonchev–Trinajstić information content (AvgIpc) is 3.02. The van der Waals surface area contributed by atoms with Crippen molar-refractivity contribution in [2.24, 2.45) is 0 Å². The molecule has 4 rings (SSSR count). The summed E-state index contributed by atoms with van der Waals surface area (Å²) in [6, 6.07) is 22.6. The van der Waals surface area contributed by atoms with Crippen LogP contribution in [0.3, 0.4) is 0 Å². The second-order valence-electron chi connectivity index (χ2n) is 6.15. The Morgan fingerprint density at radius 2 is 1.67 bits per heavy atom. The van der Waals surface area contributed by atoms with Gasteiger partial charge in [0.05, 0.1) is 12.7 Å². The molecule has 4 heteroatoms. The highest BCUT2D eigenvalue weighted by Crippen LogP contribution is 2.35. The van der Waals surface area contributed by atoms with Crippen LogP contribution in [-0.2, 0) is 6.61 Å². The molecule has 0 saturated heterocycles. The molecule has 0 N–H and O–H groups in total. The Morgan fingerprint density at radius 1 is 0.926 bits per heavy atom. The Bertz CT molecular complexity index is 989. The van der Waals surface area contributed by atoms with E-state index in [-0.39, 0.29) is 5.78 Å². The minimum absolute atomic E-state index is 0.129. The first-order chi connectivity index (χ1) is 13.2. The monoisotopic (exact) mass is 358 g/mol. The van der Waals surface area contributed by atoms with Crippen LogP contribution in [0.25, 0.3) is 6.08 Å². The number of rotatable bonds is 5. The third-order valence-electron chi connectivity index (χ3n) is 4.30. The van der Waals surface area contributed by atoms with Gasteiger partial charge in [0.25, 0.3) is 0 Å².